The maximum atomic E-state index is 5.40. The van der Waals surface area contributed by atoms with Crippen LogP contribution in [0.15, 0.2) is 0 Å². The van der Waals surface area contributed by atoms with E-state index in [2.05, 4.69) is 0 Å². The topological polar surface area (TPSA) is 21.7 Å². The molecule has 0 N–H and O–H groups in total. The smallest absolute Gasteiger partial charge is 0.188 e. The van der Waals surface area contributed by atoms with Crippen LogP contribution in [0.1, 0.15) is 19.8 Å². The third kappa shape index (κ3) is 1.94. The quantitative estimate of drug-likeness (QED) is 0.435. The number of ether oxygens (including phenoxy) is 1. The van der Waals surface area contributed by atoms with Crippen molar-refractivity contribution >= 4 is 0 Å². The number of nitrogens with zero attached hydrogens (tertiary/aromatic N) is 1. The summed E-state index contributed by atoms with van der Waals surface area (Å²) in [4.78, 5) is 5.40. The molecule has 10 heavy (non-hydrogen) atoms. The summed E-state index contributed by atoms with van der Waals surface area (Å²) in [5.74, 6) is -0.252. The van der Waals surface area contributed by atoms with Crippen molar-refractivity contribution in [3.63, 3.8) is 0 Å². The van der Waals surface area contributed by atoms with Gasteiger partial charge in [0.15, 0.2) is 5.79 Å². The first kappa shape index (κ1) is 7.98. The zero-order chi connectivity index (χ0) is 7.61. The third-order valence-electron chi connectivity index (χ3n) is 1.41. The molecule has 0 aromatic heterocycles. The van der Waals surface area contributed by atoms with Crippen molar-refractivity contribution in [2.75, 3.05) is 20.7 Å². The average Bonchev–Trinajstić information content (AvgIpc) is 2.47. The molecule has 0 radical (unpaired) electrons. The largest absolute Gasteiger partial charge is 0.349 e. The molecule has 0 amide bonds. The number of hydrogen-bond donors (Lipinski definition) is 0. The highest BCUT2D eigenvalue weighted by Crippen LogP contribution is 2.40. The molecular formula is C7H15NO2. The first-order chi connectivity index (χ1) is 4.68. The molecule has 0 aliphatic heterocycles. The molecule has 0 bridgehead atoms. The van der Waals surface area contributed by atoms with E-state index in [-0.39, 0.29) is 5.79 Å². The number of hydrogen-bond acceptors (Lipinski definition) is 3. The van der Waals surface area contributed by atoms with Gasteiger partial charge < -0.3 is 4.74 Å². The van der Waals surface area contributed by atoms with Gasteiger partial charge in [-0.05, 0) is 6.92 Å². The van der Waals surface area contributed by atoms with Crippen LogP contribution in [0.4, 0.5) is 0 Å². The van der Waals surface area contributed by atoms with Crippen LogP contribution in [0.5, 0.6) is 0 Å². The summed E-state index contributed by atoms with van der Waals surface area (Å²) in [7, 11) is 3.75. The number of rotatable bonds is 4. The lowest BCUT2D eigenvalue weighted by Gasteiger charge is -2.19. The van der Waals surface area contributed by atoms with E-state index in [1.165, 1.54) is 0 Å². The highest BCUT2D eigenvalue weighted by atomic mass is 16.8. The lowest BCUT2D eigenvalue weighted by Crippen LogP contribution is -2.27. The van der Waals surface area contributed by atoms with Gasteiger partial charge in [0, 0.05) is 33.5 Å². The van der Waals surface area contributed by atoms with Gasteiger partial charge in [-0.25, -0.2) is 0 Å². The van der Waals surface area contributed by atoms with Crippen molar-refractivity contribution in [1.82, 2.24) is 5.06 Å². The molecule has 1 saturated carbocycles. The van der Waals surface area contributed by atoms with E-state index >= 15 is 0 Å². The molecule has 3 nitrogen and oxygen atoms in total. The zero-order valence-electron chi connectivity index (χ0n) is 6.89. The summed E-state index contributed by atoms with van der Waals surface area (Å²) in [6.45, 7) is 2.72. The summed E-state index contributed by atoms with van der Waals surface area (Å²) >= 11 is 0. The van der Waals surface area contributed by atoms with Gasteiger partial charge in [0.25, 0.3) is 0 Å². The van der Waals surface area contributed by atoms with Crippen molar-refractivity contribution in [3.8, 4) is 0 Å². The Bertz CT molecular complexity index is 110. The summed E-state index contributed by atoms with van der Waals surface area (Å²) in [5.41, 5.74) is 0. The van der Waals surface area contributed by atoms with E-state index < -0.39 is 0 Å². The molecule has 1 fully saturated rings. The minimum absolute atomic E-state index is 0.252. The maximum Gasteiger partial charge on any atom is 0.188 e. The van der Waals surface area contributed by atoms with Gasteiger partial charge >= 0.3 is 0 Å². The highest BCUT2D eigenvalue weighted by Gasteiger charge is 2.46. The highest BCUT2D eigenvalue weighted by molar-refractivity contribution is 4.85. The van der Waals surface area contributed by atoms with Crippen LogP contribution in [0.25, 0.3) is 0 Å². The third-order valence-corrected chi connectivity index (χ3v) is 1.41. The first-order valence-corrected chi connectivity index (χ1v) is 3.69. The second-order valence-corrected chi connectivity index (χ2v) is 2.75. The summed E-state index contributed by atoms with van der Waals surface area (Å²) < 4.78 is 5.39. The zero-order valence-corrected chi connectivity index (χ0v) is 6.89. The SMILES string of the molecule is CCOC1(ON(C)C)CC1. The Kier molecular flexibility index (Phi) is 2.28. The molecule has 0 saturated heterocycles. The lowest BCUT2D eigenvalue weighted by atomic mass is 10.7. The van der Waals surface area contributed by atoms with Crippen LogP contribution in [0.3, 0.4) is 0 Å². The van der Waals surface area contributed by atoms with E-state index in [9.17, 15) is 0 Å². The molecule has 0 aromatic carbocycles. The van der Waals surface area contributed by atoms with Crippen LogP contribution in [-0.4, -0.2) is 31.6 Å². The van der Waals surface area contributed by atoms with E-state index in [0.29, 0.717) is 0 Å². The van der Waals surface area contributed by atoms with Crippen molar-refractivity contribution < 1.29 is 9.57 Å². The Balaban J connectivity index is 2.23. The minimum atomic E-state index is -0.252. The Morgan fingerprint density at radius 3 is 2.30 bits per heavy atom. The molecule has 0 aromatic rings. The van der Waals surface area contributed by atoms with Crippen molar-refractivity contribution in [1.29, 1.82) is 0 Å². The van der Waals surface area contributed by atoms with E-state index in [4.69, 9.17) is 9.57 Å². The van der Waals surface area contributed by atoms with Gasteiger partial charge in [0.2, 0.25) is 0 Å². The maximum absolute atomic E-state index is 5.40. The monoisotopic (exact) mass is 145 g/mol. The van der Waals surface area contributed by atoms with Crippen LogP contribution in [0, 0.1) is 0 Å². The van der Waals surface area contributed by atoms with Crippen molar-refractivity contribution in [2.24, 2.45) is 0 Å². The Morgan fingerprint density at radius 2 is 2.00 bits per heavy atom. The Morgan fingerprint density at radius 1 is 1.40 bits per heavy atom. The Labute approximate surface area is 61.9 Å². The second kappa shape index (κ2) is 2.86. The number of hydroxylamine groups is 2. The van der Waals surface area contributed by atoms with Crippen LogP contribution >= 0.6 is 0 Å². The van der Waals surface area contributed by atoms with Crippen molar-refractivity contribution in [2.45, 2.75) is 25.6 Å². The first-order valence-electron chi connectivity index (χ1n) is 3.69. The fourth-order valence-electron chi connectivity index (χ4n) is 0.960. The normalized spacial score (nSPS) is 21.6. The van der Waals surface area contributed by atoms with Gasteiger partial charge in [-0.1, -0.05) is 0 Å². The van der Waals surface area contributed by atoms with Gasteiger partial charge in [-0.3, -0.25) is 4.84 Å². The van der Waals surface area contributed by atoms with Crippen LogP contribution in [-0.2, 0) is 9.57 Å². The molecule has 0 atom stereocenters. The minimum Gasteiger partial charge on any atom is -0.349 e. The predicted molar refractivity (Wildman–Crippen MR) is 38.4 cm³/mol. The predicted octanol–water partition coefficient (Wildman–Crippen LogP) is 1.01. The van der Waals surface area contributed by atoms with Gasteiger partial charge in [0.05, 0.1) is 0 Å². The molecule has 60 valence electrons. The summed E-state index contributed by atoms with van der Waals surface area (Å²) in [6, 6.07) is 0. The van der Waals surface area contributed by atoms with E-state index in [1.807, 2.05) is 21.0 Å². The molecule has 3 heteroatoms. The standard InChI is InChI=1S/C7H15NO2/c1-4-9-7(5-6-7)10-8(2)3/h4-6H2,1-3H3. The fraction of sp³-hybridized carbons (Fsp3) is 1.00. The van der Waals surface area contributed by atoms with E-state index in [0.717, 1.165) is 19.4 Å². The summed E-state index contributed by atoms with van der Waals surface area (Å²) in [6.07, 6.45) is 2.05. The molecule has 1 aliphatic rings. The van der Waals surface area contributed by atoms with E-state index in [1.54, 1.807) is 5.06 Å². The summed E-state index contributed by atoms with van der Waals surface area (Å²) in [5, 5.41) is 1.70. The average molecular weight is 145 g/mol. The molecule has 0 heterocycles. The van der Waals surface area contributed by atoms with Gasteiger partial charge in [0.1, 0.15) is 0 Å². The van der Waals surface area contributed by atoms with Crippen molar-refractivity contribution in [3.05, 3.63) is 0 Å². The molecular weight excluding hydrogens is 130 g/mol. The fourth-order valence-corrected chi connectivity index (χ4v) is 0.960. The van der Waals surface area contributed by atoms with Crippen LogP contribution < -0.4 is 0 Å². The second-order valence-electron chi connectivity index (χ2n) is 2.75. The molecule has 0 unspecified atom stereocenters. The Hall–Kier alpha value is -0.120. The molecule has 1 aliphatic carbocycles. The van der Waals surface area contributed by atoms with Crippen LogP contribution in [0.2, 0.25) is 0 Å². The lowest BCUT2D eigenvalue weighted by molar-refractivity contribution is -0.278. The molecule has 1 rings (SSSR count). The molecule has 0 spiro atoms. The van der Waals surface area contributed by atoms with Gasteiger partial charge in [-0.2, -0.15) is 5.06 Å². The van der Waals surface area contributed by atoms with Gasteiger partial charge in [-0.15, -0.1) is 0 Å².